The van der Waals surface area contributed by atoms with Gasteiger partial charge in [-0.3, -0.25) is 4.79 Å². The van der Waals surface area contributed by atoms with E-state index in [9.17, 15) is 4.79 Å². The smallest absolute Gasteiger partial charge is 0.287 e. The van der Waals surface area contributed by atoms with Crippen molar-refractivity contribution in [1.82, 2.24) is 25.1 Å². The van der Waals surface area contributed by atoms with Gasteiger partial charge in [0.25, 0.3) is 5.91 Å². The summed E-state index contributed by atoms with van der Waals surface area (Å²) in [4.78, 5) is 23.8. The van der Waals surface area contributed by atoms with E-state index >= 15 is 0 Å². The number of amides is 1. The lowest BCUT2D eigenvalue weighted by molar-refractivity contribution is 0.0923. The van der Waals surface area contributed by atoms with Crippen molar-refractivity contribution in [3.63, 3.8) is 0 Å². The second kappa shape index (κ2) is 9.14. The average Bonchev–Trinajstić information content (AvgIpc) is 3.35. The maximum atomic E-state index is 12.1. The number of nitrogens with zero attached hydrogens (tertiary/aromatic N) is 5. The van der Waals surface area contributed by atoms with Gasteiger partial charge >= 0.3 is 0 Å². The van der Waals surface area contributed by atoms with E-state index in [1.807, 2.05) is 0 Å². The van der Waals surface area contributed by atoms with Gasteiger partial charge in [-0.2, -0.15) is 5.10 Å². The highest BCUT2D eigenvalue weighted by atomic mass is 79.9. The number of ether oxygens (including phenoxy) is 1. The Hall–Kier alpha value is -2.11. The maximum absolute atomic E-state index is 12.1. The van der Waals surface area contributed by atoms with Crippen LogP contribution in [0.4, 0.5) is 5.82 Å². The van der Waals surface area contributed by atoms with Gasteiger partial charge in [-0.05, 0) is 33.8 Å². The molecule has 154 valence electrons. The van der Waals surface area contributed by atoms with Crippen LogP contribution in [0.25, 0.3) is 11.0 Å². The molecule has 11 heteroatoms. The molecule has 0 saturated carbocycles. The number of hydrogen-bond donors (Lipinski definition) is 1. The Kier molecular flexibility index (Phi) is 6.36. The zero-order valence-corrected chi connectivity index (χ0v) is 18.3. The Bertz CT molecular complexity index is 1000. The van der Waals surface area contributed by atoms with Crippen LogP contribution in [0.5, 0.6) is 0 Å². The van der Waals surface area contributed by atoms with Gasteiger partial charge in [0.2, 0.25) is 0 Å². The van der Waals surface area contributed by atoms with Crippen LogP contribution in [-0.2, 0) is 11.3 Å². The van der Waals surface area contributed by atoms with E-state index in [0.717, 1.165) is 40.9 Å². The molecule has 1 N–H and O–H groups in total. The van der Waals surface area contributed by atoms with Crippen LogP contribution in [0.15, 0.2) is 32.6 Å². The fraction of sp³-hybridized carbons (Fsp3) is 0.444. The van der Waals surface area contributed by atoms with Crippen LogP contribution in [0.3, 0.4) is 0 Å². The second-order valence-electron chi connectivity index (χ2n) is 6.33. The number of halogens is 1. The summed E-state index contributed by atoms with van der Waals surface area (Å²) in [5, 5.41) is 8.97. The first-order valence-electron chi connectivity index (χ1n) is 9.38. The van der Waals surface area contributed by atoms with Crippen molar-refractivity contribution in [2.45, 2.75) is 18.6 Å². The van der Waals surface area contributed by atoms with Gasteiger partial charge in [-0.15, -0.1) is 0 Å². The van der Waals surface area contributed by atoms with Crippen LogP contribution < -0.4 is 10.2 Å². The van der Waals surface area contributed by atoms with E-state index in [2.05, 4.69) is 38.2 Å². The molecule has 3 aromatic rings. The van der Waals surface area contributed by atoms with Crippen molar-refractivity contribution in [3.8, 4) is 0 Å². The largest absolute Gasteiger partial charge is 0.444 e. The topological polar surface area (TPSA) is 98.3 Å². The minimum absolute atomic E-state index is 0.265. The Morgan fingerprint density at radius 1 is 1.31 bits per heavy atom. The number of anilines is 1. The molecule has 3 aromatic heterocycles. The van der Waals surface area contributed by atoms with Gasteiger partial charge in [-0.1, -0.05) is 18.7 Å². The van der Waals surface area contributed by atoms with Crippen molar-refractivity contribution in [3.05, 3.63) is 28.8 Å². The number of fused-ring (bicyclic) bond motifs is 1. The lowest BCUT2D eigenvalue weighted by Gasteiger charge is -2.28. The minimum atomic E-state index is -0.266. The molecule has 1 aliphatic rings. The summed E-state index contributed by atoms with van der Waals surface area (Å²) in [5.74, 6) is 1.78. The third kappa shape index (κ3) is 4.57. The maximum Gasteiger partial charge on any atom is 0.287 e. The first-order chi connectivity index (χ1) is 14.2. The molecule has 0 bridgehead atoms. The summed E-state index contributed by atoms with van der Waals surface area (Å²) in [7, 11) is 0. The highest BCUT2D eigenvalue weighted by Crippen LogP contribution is 2.27. The third-order valence-electron chi connectivity index (χ3n) is 4.45. The Morgan fingerprint density at radius 3 is 2.86 bits per heavy atom. The number of thioether (sulfide) groups is 1. The molecule has 1 aliphatic heterocycles. The number of morpholine rings is 1. The third-order valence-corrected chi connectivity index (χ3v) is 5.60. The van der Waals surface area contributed by atoms with E-state index in [-0.39, 0.29) is 11.7 Å². The minimum Gasteiger partial charge on any atom is -0.444 e. The van der Waals surface area contributed by atoms with Crippen LogP contribution in [0.2, 0.25) is 0 Å². The van der Waals surface area contributed by atoms with Gasteiger partial charge in [0, 0.05) is 19.6 Å². The molecule has 29 heavy (non-hydrogen) atoms. The summed E-state index contributed by atoms with van der Waals surface area (Å²) < 4.78 is 13.1. The molecule has 0 unspecified atom stereocenters. The Labute approximate surface area is 180 Å². The molecule has 1 fully saturated rings. The highest BCUT2D eigenvalue weighted by molar-refractivity contribution is 9.10. The molecular weight excluding hydrogens is 460 g/mol. The molecule has 0 spiro atoms. The zero-order chi connectivity index (χ0) is 20.2. The van der Waals surface area contributed by atoms with Crippen molar-refractivity contribution in [2.24, 2.45) is 0 Å². The molecule has 0 radical (unpaired) electrons. The van der Waals surface area contributed by atoms with Crippen LogP contribution in [-0.4, -0.2) is 64.3 Å². The van der Waals surface area contributed by atoms with E-state index in [1.165, 1.54) is 0 Å². The Morgan fingerprint density at radius 2 is 2.14 bits per heavy atom. The fourth-order valence-corrected chi connectivity index (χ4v) is 3.96. The molecular formula is C18H21BrN6O3S. The standard InChI is InChI=1S/C18H21BrN6O3S/c1-2-29-18-22-15(24-7-9-27-10-8-24)12-11-21-25(16(12)23-18)6-5-20-17(26)13-3-4-14(19)28-13/h3-4,11H,2,5-10H2,1H3,(H,20,26). The fourth-order valence-electron chi connectivity index (χ4n) is 3.09. The summed E-state index contributed by atoms with van der Waals surface area (Å²) in [6.07, 6.45) is 1.80. The molecule has 0 aromatic carbocycles. The summed E-state index contributed by atoms with van der Waals surface area (Å²) in [5.41, 5.74) is 0.771. The normalized spacial score (nSPS) is 14.5. The molecule has 4 heterocycles. The van der Waals surface area contributed by atoms with Crippen LogP contribution >= 0.6 is 27.7 Å². The summed E-state index contributed by atoms with van der Waals surface area (Å²) in [6.45, 7) is 5.93. The van der Waals surface area contributed by atoms with Crippen molar-refractivity contribution in [1.29, 1.82) is 0 Å². The first kappa shape index (κ1) is 20.2. The lowest BCUT2D eigenvalue weighted by Crippen LogP contribution is -2.37. The van der Waals surface area contributed by atoms with Gasteiger partial charge in [-0.25, -0.2) is 14.6 Å². The predicted molar refractivity (Wildman–Crippen MR) is 113 cm³/mol. The first-order valence-corrected chi connectivity index (χ1v) is 11.2. The van der Waals surface area contributed by atoms with E-state index < -0.39 is 0 Å². The zero-order valence-electron chi connectivity index (χ0n) is 15.9. The van der Waals surface area contributed by atoms with Gasteiger partial charge in [0.15, 0.2) is 21.2 Å². The monoisotopic (exact) mass is 480 g/mol. The molecule has 0 atom stereocenters. The number of carbonyl (C=O) groups is 1. The Balaban J connectivity index is 1.53. The number of rotatable bonds is 7. The van der Waals surface area contributed by atoms with Crippen molar-refractivity contribution < 1.29 is 13.9 Å². The molecule has 1 amide bonds. The quantitative estimate of drug-likeness (QED) is 0.406. The average molecular weight is 481 g/mol. The summed E-state index contributed by atoms with van der Waals surface area (Å²) in [6, 6.07) is 3.31. The van der Waals surface area contributed by atoms with Gasteiger partial charge in [0.05, 0.1) is 31.3 Å². The van der Waals surface area contributed by atoms with Gasteiger partial charge in [0.1, 0.15) is 5.82 Å². The number of furan rings is 1. The van der Waals surface area contributed by atoms with Crippen molar-refractivity contribution >= 4 is 50.5 Å². The van der Waals surface area contributed by atoms with E-state index in [0.29, 0.717) is 31.0 Å². The number of hydrogen-bond acceptors (Lipinski definition) is 8. The molecule has 0 aliphatic carbocycles. The molecule has 9 nitrogen and oxygen atoms in total. The van der Waals surface area contributed by atoms with Gasteiger partial charge < -0.3 is 19.4 Å². The highest BCUT2D eigenvalue weighted by Gasteiger charge is 2.20. The molecule has 4 rings (SSSR count). The van der Waals surface area contributed by atoms with Crippen LogP contribution in [0.1, 0.15) is 17.5 Å². The second-order valence-corrected chi connectivity index (χ2v) is 8.34. The number of nitrogens with one attached hydrogen (secondary N) is 1. The van der Waals surface area contributed by atoms with Crippen molar-refractivity contribution in [2.75, 3.05) is 43.5 Å². The van der Waals surface area contributed by atoms with Crippen LogP contribution in [0, 0.1) is 0 Å². The number of carbonyl (C=O) groups excluding carboxylic acids is 1. The lowest BCUT2D eigenvalue weighted by atomic mass is 10.3. The molecule has 1 saturated heterocycles. The number of aromatic nitrogens is 4. The summed E-state index contributed by atoms with van der Waals surface area (Å²) >= 11 is 4.80. The predicted octanol–water partition coefficient (Wildman–Crippen LogP) is 2.56. The van der Waals surface area contributed by atoms with E-state index in [4.69, 9.17) is 19.1 Å². The SMILES string of the molecule is CCSc1nc(N2CCOCC2)c2cnn(CCNC(=O)c3ccc(Br)o3)c2n1. The van der Waals surface area contributed by atoms with E-state index in [1.54, 1.807) is 34.8 Å².